The highest BCUT2D eigenvalue weighted by atomic mass is 19.1. The highest BCUT2D eigenvalue weighted by Gasteiger charge is 2.37. The fraction of sp³-hybridized carbons (Fsp3) is 0.455. The van der Waals surface area contributed by atoms with E-state index >= 15 is 0 Å². The van der Waals surface area contributed by atoms with Gasteiger partial charge in [-0.15, -0.1) is 0 Å². The number of benzene rings is 1. The van der Waals surface area contributed by atoms with Crippen LogP contribution in [-0.4, -0.2) is 6.54 Å². The van der Waals surface area contributed by atoms with Crippen molar-refractivity contribution < 1.29 is 4.39 Å². The molecule has 2 rings (SSSR count). The largest absolute Gasteiger partial charge is 0.330 e. The van der Waals surface area contributed by atoms with Crippen molar-refractivity contribution in [2.24, 2.45) is 11.7 Å². The van der Waals surface area contributed by atoms with Crippen molar-refractivity contribution in [3.8, 4) is 0 Å². The summed E-state index contributed by atoms with van der Waals surface area (Å²) in [5, 5.41) is 0. The minimum absolute atomic E-state index is 0.0971. The standard InChI is InChI=1S/C11H14FN/c1-7-9(3-2-4-11(7)12)10-5-8(10)6-13/h2-4,8,10H,5-6,13H2,1H3/t8-,10+/m1/s1. The Morgan fingerprint density at radius 2 is 2.31 bits per heavy atom. The van der Waals surface area contributed by atoms with Crippen LogP contribution in [0.25, 0.3) is 0 Å². The number of hydrogen-bond donors (Lipinski definition) is 1. The normalized spacial score (nSPS) is 26.1. The Bertz CT molecular complexity index is 322. The zero-order valence-corrected chi connectivity index (χ0v) is 7.76. The minimum atomic E-state index is -0.0971. The van der Waals surface area contributed by atoms with Crippen LogP contribution in [0.15, 0.2) is 18.2 Å². The van der Waals surface area contributed by atoms with E-state index in [1.54, 1.807) is 6.07 Å². The maximum atomic E-state index is 13.2. The van der Waals surface area contributed by atoms with E-state index in [1.165, 1.54) is 6.07 Å². The summed E-state index contributed by atoms with van der Waals surface area (Å²) in [4.78, 5) is 0. The molecule has 1 aromatic rings. The van der Waals surface area contributed by atoms with Gasteiger partial charge in [-0.2, -0.15) is 0 Å². The quantitative estimate of drug-likeness (QED) is 0.740. The monoisotopic (exact) mass is 179 g/mol. The lowest BCUT2D eigenvalue weighted by atomic mass is 10.0. The molecule has 1 aromatic carbocycles. The summed E-state index contributed by atoms with van der Waals surface area (Å²) in [7, 11) is 0. The van der Waals surface area contributed by atoms with Gasteiger partial charge in [-0.1, -0.05) is 12.1 Å². The van der Waals surface area contributed by atoms with E-state index < -0.39 is 0 Å². The summed E-state index contributed by atoms with van der Waals surface area (Å²) in [5.41, 5.74) is 7.50. The fourth-order valence-corrected chi connectivity index (χ4v) is 1.91. The van der Waals surface area contributed by atoms with Gasteiger partial charge in [0.15, 0.2) is 0 Å². The first-order valence-corrected chi connectivity index (χ1v) is 4.69. The molecule has 0 spiro atoms. The molecule has 0 aliphatic heterocycles. The molecule has 70 valence electrons. The van der Waals surface area contributed by atoms with Crippen molar-refractivity contribution >= 4 is 0 Å². The average Bonchev–Trinajstić information content (AvgIpc) is 2.89. The molecule has 13 heavy (non-hydrogen) atoms. The van der Waals surface area contributed by atoms with Crippen LogP contribution in [0.5, 0.6) is 0 Å². The number of halogens is 1. The topological polar surface area (TPSA) is 26.0 Å². The van der Waals surface area contributed by atoms with Crippen molar-refractivity contribution in [2.75, 3.05) is 6.54 Å². The Labute approximate surface area is 77.8 Å². The van der Waals surface area contributed by atoms with Gasteiger partial charge in [0.2, 0.25) is 0 Å². The van der Waals surface area contributed by atoms with Gasteiger partial charge in [-0.05, 0) is 48.9 Å². The molecule has 0 saturated heterocycles. The van der Waals surface area contributed by atoms with Crippen LogP contribution in [0.3, 0.4) is 0 Å². The molecular weight excluding hydrogens is 165 g/mol. The maximum absolute atomic E-state index is 13.2. The van der Waals surface area contributed by atoms with Gasteiger partial charge in [0.1, 0.15) is 5.82 Å². The zero-order valence-electron chi connectivity index (χ0n) is 7.76. The molecule has 1 nitrogen and oxygen atoms in total. The highest BCUT2D eigenvalue weighted by Crippen LogP contribution is 2.47. The van der Waals surface area contributed by atoms with Gasteiger partial charge in [0.05, 0.1) is 0 Å². The van der Waals surface area contributed by atoms with E-state index in [0.29, 0.717) is 11.8 Å². The van der Waals surface area contributed by atoms with Crippen LogP contribution in [-0.2, 0) is 0 Å². The molecule has 1 aliphatic carbocycles. The second kappa shape index (κ2) is 3.11. The van der Waals surface area contributed by atoms with E-state index in [-0.39, 0.29) is 5.82 Å². The van der Waals surface area contributed by atoms with Crippen molar-refractivity contribution in [1.82, 2.24) is 0 Å². The third kappa shape index (κ3) is 1.46. The molecule has 0 bridgehead atoms. The summed E-state index contributed by atoms with van der Waals surface area (Å²) in [6.07, 6.45) is 1.13. The minimum Gasteiger partial charge on any atom is -0.330 e. The smallest absolute Gasteiger partial charge is 0.126 e. The lowest BCUT2D eigenvalue weighted by molar-refractivity contribution is 0.614. The van der Waals surface area contributed by atoms with E-state index in [9.17, 15) is 4.39 Å². The summed E-state index contributed by atoms with van der Waals surface area (Å²) >= 11 is 0. The first-order valence-electron chi connectivity index (χ1n) is 4.69. The van der Waals surface area contributed by atoms with Crippen molar-refractivity contribution in [3.63, 3.8) is 0 Å². The van der Waals surface area contributed by atoms with Crippen LogP contribution >= 0.6 is 0 Å². The Kier molecular flexibility index (Phi) is 2.08. The van der Waals surface area contributed by atoms with E-state index in [2.05, 4.69) is 0 Å². The number of nitrogens with two attached hydrogens (primary N) is 1. The molecule has 0 amide bonds. The average molecular weight is 179 g/mol. The molecule has 0 unspecified atom stereocenters. The lowest BCUT2D eigenvalue weighted by Gasteiger charge is -2.04. The first kappa shape index (κ1) is 8.70. The van der Waals surface area contributed by atoms with Crippen LogP contribution in [0.1, 0.15) is 23.5 Å². The van der Waals surface area contributed by atoms with E-state index in [4.69, 9.17) is 5.73 Å². The maximum Gasteiger partial charge on any atom is 0.126 e. The second-order valence-electron chi connectivity index (χ2n) is 3.79. The third-order valence-electron chi connectivity index (χ3n) is 2.93. The molecule has 1 saturated carbocycles. The summed E-state index contributed by atoms with van der Waals surface area (Å²) < 4.78 is 13.2. The molecule has 0 radical (unpaired) electrons. The third-order valence-corrected chi connectivity index (χ3v) is 2.93. The van der Waals surface area contributed by atoms with Crippen LogP contribution in [0, 0.1) is 18.7 Å². The number of hydrogen-bond acceptors (Lipinski definition) is 1. The van der Waals surface area contributed by atoms with Gasteiger partial charge < -0.3 is 5.73 Å². The van der Waals surface area contributed by atoms with Crippen molar-refractivity contribution in [1.29, 1.82) is 0 Å². The molecule has 2 atom stereocenters. The Balaban J connectivity index is 2.27. The van der Waals surface area contributed by atoms with Crippen molar-refractivity contribution in [3.05, 3.63) is 35.1 Å². The number of rotatable bonds is 2. The lowest BCUT2D eigenvalue weighted by Crippen LogP contribution is -2.02. The van der Waals surface area contributed by atoms with Gasteiger partial charge in [-0.3, -0.25) is 0 Å². The second-order valence-corrected chi connectivity index (χ2v) is 3.79. The van der Waals surface area contributed by atoms with Crippen LogP contribution in [0.4, 0.5) is 4.39 Å². The predicted octanol–water partition coefficient (Wildman–Crippen LogP) is 2.20. The van der Waals surface area contributed by atoms with E-state index in [1.807, 2.05) is 13.0 Å². The summed E-state index contributed by atoms with van der Waals surface area (Å²) in [6, 6.07) is 5.31. The molecular formula is C11H14FN. The van der Waals surface area contributed by atoms with Crippen LogP contribution in [0.2, 0.25) is 0 Å². The molecule has 1 fully saturated rings. The Morgan fingerprint density at radius 3 is 2.92 bits per heavy atom. The first-order chi connectivity index (χ1) is 6.24. The predicted molar refractivity (Wildman–Crippen MR) is 51.0 cm³/mol. The molecule has 0 aromatic heterocycles. The van der Waals surface area contributed by atoms with Gasteiger partial charge in [0.25, 0.3) is 0 Å². The van der Waals surface area contributed by atoms with Gasteiger partial charge >= 0.3 is 0 Å². The van der Waals surface area contributed by atoms with Crippen LogP contribution < -0.4 is 5.73 Å². The highest BCUT2D eigenvalue weighted by molar-refractivity contribution is 5.34. The van der Waals surface area contributed by atoms with Gasteiger partial charge in [-0.25, -0.2) is 4.39 Å². The molecule has 0 heterocycles. The molecule has 1 aliphatic rings. The summed E-state index contributed by atoms with van der Waals surface area (Å²) in [5.74, 6) is 1.00. The fourth-order valence-electron chi connectivity index (χ4n) is 1.91. The molecule has 2 N–H and O–H groups in total. The van der Waals surface area contributed by atoms with Crippen molar-refractivity contribution in [2.45, 2.75) is 19.3 Å². The zero-order chi connectivity index (χ0) is 9.42. The van der Waals surface area contributed by atoms with E-state index in [0.717, 1.165) is 24.1 Å². The molecule has 2 heteroatoms. The van der Waals surface area contributed by atoms with Gasteiger partial charge in [0, 0.05) is 0 Å². The Hall–Kier alpha value is -0.890. The SMILES string of the molecule is Cc1c(F)cccc1[C@H]1C[C@@H]1CN. The Morgan fingerprint density at radius 1 is 1.54 bits per heavy atom. The summed E-state index contributed by atoms with van der Waals surface area (Å²) in [6.45, 7) is 2.57.